The summed E-state index contributed by atoms with van der Waals surface area (Å²) in [4.78, 5) is 11.6. The second-order valence-electron chi connectivity index (χ2n) is 4.98. The van der Waals surface area contributed by atoms with Gasteiger partial charge in [0, 0.05) is 19.1 Å². The highest BCUT2D eigenvalue weighted by molar-refractivity contribution is 5.80. The number of hydrogen-bond donors (Lipinski definition) is 1. The normalized spacial score (nSPS) is 22.7. The van der Waals surface area contributed by atoms with E-state index >= 15 is 0 Å². The number of likely N-dealkylation sites (N-methyl/N-ethyl adjacent to an activating group) is 1. The molecule has 0 bridgehead atoms. The van der Waals surface area contributed by atoms with Crippen molar-refractivity contribution in [1.29, 1.82) is 0 Å². The van der Waals surface area contributed by atoms with Crippen LogP contribution >= 0.6 is 0 Å². The first-order valence-electron chi connectivity index (χ1n) is 6.55. The van der Waals surface area contributed by atoms with Crippen molar-refractivity contribution in [3.05, 3.63) is 0 Å². The summed E-state index contributed by atoms with van der Waals surface area (Å²) in [7, 11) is 3.18. The molecule has 2 unspecified atom stereocenters. The topological polar surface area (TPSA) is 56.8 Å². The fourth-order valence-electron chi connectivity index (χ4n) is 2.05. The molecule has 0 saturated carbocycles. The lowest BCUT2D eigenvalue weighted by Gasteiger charge is -2.25. The van der Waals surface area contributed by atoms with Crippen LogP contribution in [0.5, 0.6) is 0 Å². The third kappa shape index (κ3) is 4.55. The molecule has 0 aliphatic carbocycles. The number of ether oxygens (including phenoxy) is 3. The van der Waals surface area contributed by atoms with Crippen molar-refractivity contribution in [3.63, 3.8) is 0 Å². The predicted molar refractivity (Wildman–Crippen MR) is 68.5 cm³/mol. The van der Waals surface area contributed by atoms with Gasteiger partial charge in [0.1, 0.15) is 5.54 Å². The first kappa shape index (κ1) is 15.4. The molecule has 1 rings (SSSR count). The van der Waals surface area contributed by atoms with Gasteiger partial charge in [-0.3, -0.25) is 4.79 Å². The van der Waals surface area contributed by atoms with Gasteiger partial charge < -0.3 is 19.5 Å². The van der Waals surface area contributed by atoms with E-state index in [1.54, 1.807) is 7.05 Å². The Morgan fingerprint density at radius 2 is 2.33 bits per heavy atom. The molecule has 2 atom stereocenters. The fourth-order valence-corrected chi connectivity index (χ4v) is 2.05. The molecular weight excluding hydrogens is 234 g/mol. The molecule has 106 valence electrons. The van der Waals surface area contributed by atoms with Gasteiger partial charge in [-0.15, -0.1) is 0 Å². The zero-order valence-electron chi connectivity index (χ0n) is 11.7. The molecule has 5 nitrogen and oxygen atoms in total. The summed E-state index contributed by atoms with van der Waals surface area (Å²) in [5.74, 6) is 0.315. The molecular formula is C13H25NO4. The number of carbonyl (C=O) groups excluding carboxylic acids is 1. The van der Waals surface area contributed by atoms with E-state index in [2.05, 4.69) is 5.32 Å². The Kier molecular flexibility index (Phi) is 6.60. The number of methoxy groups -OCH3 is 1. The van der Waals surface area contributed by atoms with Gasteiger partial charge in [-0.2, -0.15) is 0 Å². The Labute approximate surface area is 109 Å². The lowest BCUT2D eigenvalue weighted by Crippen LogP contribution is -2.48. The molecule has 0 aromatic carbocycles. The summed E-state index contributed by atoms with van der Waals surface area (Å²) in [6.07, 6.45) is 2.63. The van der Waals surface area contributed by atoms with Crippen molar-refractivity contribution in [3.8, 4) is 0 Å². The quantitative estimate of drug-likeness (QED) is 0.520. The summed E-state index contributed by atoms with van der Waals surface area (Å²) in [6, 6.07) is 0. The SMILES string of the molecule is CNC(C)(CCCOCC1CCOC1)C(=O)OC. The number of esters is 1. The molecule has 1 N–H and O–H groups in total. The standard InChI is InChI=1S/C13H25NO4/c1-13(14-2,12(15)16-3)6-4-7-17-9-11-5-8-18-10-11/h11,14H,4-10H2,1-3H3. The van der Waals surface area contributed by atoms with Crippen LogP contribution in [0.25, 0.3) is 0 Å². The van der Waals surface area contributed by atoms with E-state index in [1.807, 2.05) is 6.92 Å². The molecule has 0 aromatic heterocycles. The van der Waals surface area contributed by atoms with E-state index in [-0.39, 0.29) is 5.97 Å². The molecule has 1 aliphatic heterocycles. The number of carbonyl (C=O) groups is 1. The smallest absolute Gasteiger partial charge is 0.325 e. The fraction of sp³-hybridized carbons (Fsp3) is 0.923. The number of nitrogens with one attached hydrogen (secondary N) is 1. The molecule has 1 saturated heterocycles. The molecule has 18 heavy (non-hydrogen) atoms. The average Bonchev–Trinajstić information content (AvgIpc) is 2.90. The van der Waals surface area contributed by atoms with Crippen molar-refractivity contribution in [1.82, 2.24) is 5.32 Å². The zero-order chi connectivity index (χ0) is 13.4. The van der Waals surface area contributed by atoms with E-state index in [0.717, 1.165) is 32.7 Å². The van der Waals surface area contributed by atoms with Gasteiger partial charge in [0.15, 0.2) is 0 Å². The molecule has 0 aromatic rings. The van der Waals surface area contributed by atoms with Crippen LogP contribution in [0, 0.1) is 5.92 Å². The highest BCUT2D eigenvalue weighted by Crippen LogP contribution is 2.15. The molecule has 1 heterocycles. The molecule has 5 heteroatoms. The van der Waals surface area contributed by atoms with Gasteiger partial charge in [-0.05, 0) is 33.2 Å². The Morgan fingerprint density at radius 3 is 2.89 bits per heavy atom. The highest BCUT2D eigenvalue weighted by atomic mass is 16.5. The summed E-state index contributed by atoms with van der Waals surface area (Å²) >= 11 is 0. The summed E-state index contributed by atoms with van der Waals surface area (Å²) in [6.45, 7) is 4.95. The lowest BCUT2D eigenvalue weighted by molar-refractivity contribution is -0.148. The van der Waals surface area contributed by atoms with Crippen LogP contribution in [0.15, 0.2) is 0 Å². The minimum Gasteiger partial charge on any atom is -0.468 e. The monoisotopic (exact) mass is 259 g/mol. The number of rotatable bonds is 8. The lowest BCUT2D eigenvalue weighted by atomic mass is 9.96. The first-order valence-corrected chi connectivity index (χ1v) is 6.55. The van der Waals surface area contributed by atoms with Crippen LogP contribution in [0.1, 0.15) is 26.2 Å². The third-order valence-electron chi connectivity index (χ3n) is 3.53. The number of hydrogen-bond acceptors (Lipinski definition) is 5. The molecule has 0 amide bonds. The largest absolute Gasteiger partial charge is 0.468 e. The predicted octanol–water partition coefficient (Wildman–Crippen LogP) is 0.971. The van der Waals surface area contributed by atoms with Crippen molar-refractivity contribution in [2.45, 2.75) is 31.7 Å². The van der Waals surface area contributed by atoms with Crippen LogP contribution in [-0.2, 0) is 19.0 Å². The molecule has 0 spiro atoms. The average molecular weight is 259 g/mol. The van der Waals surface area contributed by atoms with Crippen molar-refractivity contribution in [2.24, 2.45) is 5.92 Å². The van der Waals surface area contributed by atoms with E-state index in [1.165, 1.54) is 7.11 Å². The first-order chi connectivity index (χ1) is 8.62. The highest BCUT2D eigenvalue weighted by Gasteiger charge is 2.31. The third-order valence-corrected chi connectivity index (χ3v) is 3.53. The molecule has 1 aliphatic rings. The van der Waals surface area contributed by atoms with Gasteiger partial charge in [0.25, 0.3) is 0 Å². The van der Waals surface area contributed by atoms with E-state index in [9.17, 15) is 4.79 Å². The van der Waals surface area contributed by atoms with Crippen LogP contribution in [0.3, 0.4) is 0 Å². The van der Waals surface area contributed by atoms with Gasteiger partial charge in [0.05, 0.1) is 20.3 Å². The minimum atomic E-state index is -0.616. The maximum absolute atomic E-state index is 11.6. The van der Waals surface area contributed by atoms with Gasteiger partial charge in [-0.1, -0.05) is 0 Å². The Morgan fingerprint density at radius 1 is 1.56 bits per heavy atom. The zero-order valence-corrected chi connectivity index (χ0v) is 11.7. The van der Waals surface area contributed by atoms with Gasteiger partial charge >= 0.3 is 5.97 Å². The summed E-state index contributed by atoms with van der Waals surface area (Å²) in [5, 5.41) is 3.01. The van der Waals surface area contributed by atoms with E-state index in [0.29, 0.717) is 18.9 Å². The Balaban J connectivity index is 2.13. The second-order valence-corrected chi connectivity index (χ2v) is 4.98. The second kappa shape index (κ2) is 7.71. The van der Waals surface area contributed by atoms with E-state index < -0.39 is 5.54 Å². The summed E-state index contributed by atoms with van der Waals surface area (Å²) in [5.41, 5.74) is -0.616. The van der Waals surface area contributed by atoms with Gasteiger partial charge in [0.2, 0.25) is 0 Å². The maximum atomic E-state index is 11.6. The van der Waals surface area contributed by atoms with Crippen LogP contribution < -0.4 is 5.32 Å². The van der Waals surface area contributed by atoms with Crippen LogP contribution in [-0.4, -0.2) is 52.1 Å². The minimum absolute atomic E-state index is 0.228. The van der Waals surface area contributed by atoms with Crippen molar-refractivity contribution in [2.75, 3.05) is 40.6 Å². The van der Waals surface area contributed by atoms with Gasteiger partial charge in [-0.25, -0.2) is 0 Å². The van der Waals surface area contributed by atoms with Crippen LogP contribution in [0.2, 0.25) is 0 Å². The van der Waals surface area contributed by atoms with E-state index in [4.69, 9.17) is 14.2 Å². The van der Waals surface area contributed by atoms with Crippen LogP contribution in [0.4, 0.5) is 0 Å². The van der Waals surface area contributed by atoms with Crippen molar-refractivity contribution < 1.29 is 19.0 Å². The Bertz CT molecular complexity index is 253. The molecule has 0 radical (unpaired) electrons. The van der Waals surface area contributed by atoms with Crippen molar-refractivity contribution >= 4 is 5.97 Å². The molecule has 1 fully saturated rings. The maximum Gasteiger partial charge on any atom is 0.325 e. The Hall–Kier alpha value is -0.650. The summed E-state index contributed by atoms with van der Waals surface area (Å²) < 4.78 is 15.7.